The fraction of sp³-hybridized carbons (Fsp3) is 0.423. The van der Waals surface area contributed by atoms with Gasteiger partial charge < -0.3 is 23.8 Å². The van der Waals surface area contributed by atoms with Crippen LogP contribution < -0.4 is 16.3 Å². The van der Waals surface area contributed by atoms with E-state index in [1.54, 1.807) is 64.1 Å². The number of rotatable bonds is 7. The van der Waals surface area contributed by atoms with Gasteiger partial charge in [0, 0.05) is 54.6 Å². The van der Waals surface area contributed by atoms with Crippen molar-refractivity contribution in [2.75, 3.05) is 31.8 Å². The molecule has 13 rings (SSSR count). The summed E-state index contributed by atoms with van der Waals surface area (Å²) in [5.74, 6) is -0.128. The van der Waals surface area contributed by atoms with Crippen LogP contribution in [0.5, 0.6) is 0 Å². The predicted molar refractivity (Wildman–Crippen MR) is 251 cm³/mol. The summed E-state index contributed by atoms with van der Waals surface area (Å²) in [5.41, 5.74) is 5.56. The molecule has 8 heterocycles. The summed E-state index contributed by atoms with van der Waals surface area (Å²) in [6.45, 7) is 10.8. The second-order valence-corrected chi connectivity index (χ2v) is 21.0. The predicted octanol–water partition coefficient (Wildman–Crippen LogP) is 6.80. The van der Waals surface area contributed by atoms with Gasteiger partial charge in [-0.3, -0.25) is 28.2 Å². The van der Waals surface area contributed by atoms with Gasteiger partial charge in [-0.25, -0.2) is 18.7 Å². The minimum absolute atomic E-state index is 0.00286. The van der Waals surface area contributed by atoms with Crippen LogP contribution in [0.4, 0.5) is 10.1 Å². The number of imidazole rings is 1. The zero-order valence-corrected chi connectivity index (χ0v) is 39.3. The molecule has 4 aromatic heterocycles. The fourth-order valence-corrected chi connectivity index (χ4v) is 12.6. The van der Waals surface area contributed by atoms with Crippen molar-refractivity contribution >= 4 is 28.4 Å². The van der Waals surface area contributed by atoms with Crippen LogP contribution in [0.25, 0.3) is 28.1 Å². The lowest BCUT2D eigenvalue weighted by molar-refractivity contribution is -0.119. The summed E-state index contributed by atoms with van der Waals surface area (Å²) in [7, 11) is 1.78. The number of aromatic nitrogens is 7. The smallest absolute Gasteiger partial charge is 0.377 e. The highest BCUT2D eigenvalue weighted by molar-refractivity contribution is 6.10. The number of morpholine rings is 1. The highest BCUT2D eigenvalue weighted by Gasteiger charge is 2.60. The Labute approximate surface area is 395 Å². The first kappa shape index (κ1) is 42.3. The molecule has 2 amide bonds. The Balaban J connectivity index is 0.968. The van der Waals surface area contributed by atoms with E-state index in [1.807, 2.05) is 29.2 Å². The molecular weight excluding hydrogens is 882 g/mol. The third kappa shape index (κ3) is 5.98. The lowest BCUT2D eigenvalue weighted by atomic mass is 9.83. The van der Waals surface area contributed by atoms with Crippen LogP contribution in [0.1, 0.15) is 115 Å². The summed E-state index contributed by atoms with van der Waals surface area (Å²) in [4.78, 5) is 63.2. The number of likely N-dealkylation sites (N-methyl/N-ethyl adjacent to an activating group) is 1. The van der Waals surface area contributed by atoms with Crippen molar-refractivity contribution in [3.8, 4) is 17.2 Å². The van der Waals surface area contributed by atoms with E-state index in [0.29, 0.717) is 70.5 Å². The van der Waals surface area contributed by atoms with Gasteiger partial charge in [0.05, 0.1) is 53.4 Å². The van der Waals surface area contributed by atoms with Gasteiger partial charge in [0.25, 0.3) is 5.91 Å². The van der Waals surface area contributed by atoms with E-state index in [0.717, 1.165) is 47.8 Å². The maximum absolute atomic E-state index is 16.0. The largest absolute Gasteiger partial charge is 0.438 e. The summed E-state index contributed by atoms with van der Waals surface area (Å²) in [5, 5.41) is 10.3. The molecule has 2 bridgehead atoms. The van der Waals surface area contributed by atoms with Crippen molar-refractivity contribution < 1.29 is 28.0 Å². The van der Waals surface area contributed by atoms with Crippen LogP contribution in [0.2, 0.25) is 0 Å². The molecule has 5 atom stereocenters. The molecule has 2 aliphatic carbocycles. The molecule has 3 aromatic carbocycles. The quantitative estimate of drug-likeness (QED) is 0.181. The third-order valence-electron chi connectivity index (χ3n) is 16.3. The van der Waals surface area contributed by atoms with Crippen molar-refractivity contribution in [3.05, 3.63) is 139 Å². The number of carbonyl (C=O) groups excluding carboxylic acids is 2. The minimum atomic E-state index is -0.864. The van der Waals surface area contributed by atoms with Crippen molar-refractivity contribution in [1.29, 1.82) is 0 Å². The Bertz CT molecular complexity index is 3470. The molecule has 354 valence electrons. The molecule has 4 aliphatic heterocycles. The topological polar surface area (TPSA) is 168 Å². The Morgan fingerprint density at radius 2 is 1.70 bits per heavy atom. The minimum Gasteiger partial charge on any atom is -0.377 e. The Morgan fingerprint density at radius 3 is 2.41 bits per heavy atom. The van der Waals surface area contributed by atoms with Gasteiger partial charge in [0.1, 0.15) is 22.9 Å². The first-order chi connectivity index (χ1) is 33.1. The van der Waals surface area contributed by atoms with E-state index in [9.17, 15) is 9.59 Å². The average molecular weight is 934 g/mol. The highest BCUT2D eigenvalue weighted by Crippen LogP contribution is 2.58. The summed E-state index contributed by atoms with van der Waals surface area (Å²) in [6.07, 6.45) is 7.68. The number of halogens is 1. The molecule has 0 radical (unpaired) electrons. The number of carbonyl (C=O) groups is 2. The van der Waals surface area contributed by atoms with Crippen LogP contribution in [0.15, 0.2) is 81.1 Å². The average Bonchev–Trinajstić information content (AvgIpc) is 3.91. The highest BCUT2D eigenvalue weighted by atomic mass is 19.1. The van der Waals surface area contributed by atoms with Gasteiger partial charge in [-0.1, -0.05) is 24.2 Å². The van der Waals surface area contributed by atoms with E-state index >= 15 is 14.0 Å². The van der Waals surface area contributed by atoms with Gasteiger partial charge >= 0.3 is 11.4 Å². The van der Waals surface area contributed by atoms with Crippen molar-refractivity contribution in [1.82, 2.24) is 38.5 Å². The normalized spacial score (nSPS) is 25.1. The van der Waals surface area contributed by atoms with E-state index in [2.05, 4.69) is 53.7 Å². The number of anilines is 1. The van der Waals surface area contributed by atoms with Crippen LogP contribution in [0.3, 0.4) is 0 Å². The molecule has 1 spiro atoms. The number of hydrogen-bond acceptors (Lipinski definition) is 9. The summed E-state index contributed by atoms with van der Waals surface area (Å²) in [6, 6.07) is 16.4. The molecule has 7 aromatic rings. The Morgan fingerprint density at radius 1 is 0.928 bits per heavy atom. The second kappa shape index (κ2) is 14.4. The SMILES string of the molecule is Cc1cc(-n2nc3c(c2-n2ccn(-c4ccc5c(c4)N(C)C(=O)C54CC4)c2=O)[C@@H]2COC[C@H](C3)N2C(=O)c2cc3cc([C@H]4CCOC(C)(C)C4)ccc3n2[C@@]2(c3noc(=O)[nH]3)C[C@@H]2C)cc(C)c1F. The zero-order valence-electron chi connectivity index (χ0n) is 39.3. The van der Waals surface area contributed by atoms with Crippen LogP contribution in [0, 0.1) is 25.6 Å². The summed E-state index contributed by atoms with van der Waals surface area (Å²) >= 11 is 0. The van der Waals surface area contributed by atoms with Crippen LogP contribution in [-0.2, 0) is 31.6 Å². The fourth-order valence-electron chi connectivity index (χ4n) is 12.6. The molecule has 4 fully saturated rings. The maximum Gasteiger partial charge on any atom is 0.438 e. The molecular formula is C52H52FN9O7. The zero-order chi connectivity index (χ0) is 47.6. The van der Waals surface area contributed by atoms with Crippen molar-refractivity contribution in [3.63, 3.8) is 0 Å². The molecule has 2 saturated carbocycles. The van der Waals surface area contributed by atoms with Crippen molar-refractivity contribution in [2.45, 2.75) is 108 Å². The van der Waals surface area contributed by atoms with E-state index in [4.69, 9.17) is 19.1 Å². The monoisotopic (exact) mass is 933 g/mol. The van der Waals surface area contributed by atoms with Crippen LogP contribution >= 0.6 is 0 Å². The molecule has 6 aliphatic rings. The third-order valence-corrected chi connectivity index (χ3v) is 16.3. The number of ether oxygens (including phenoxy) is 2. The van der Waals surface area contributed by atoms with Crippen LogP contribution in [-0.4, -0.2) is 88.8 Å². The van der Waals surface area contributed by atoms with E-state index in [1.165, 1.54) is 5.56 Å². The molecule has 16 nitrogen and oxygen atoms in total. The maximum atomic E-state index is 16.0. The number of aryl methyl sites for hydroxylation is 2. The van der Waals surface area contributed by atoms with Gasteiger partial charge in [-0.15, -0.1) is 0 Å². The molecule has 69 heavy (non-hydrogen) atoms. The number of aromatic amines is 1. The lowest BCUT2D eigenvalue weighted by Crippen LogP contribution is -2.55. The number of hydrogen-bond donors (Lipinski definition) is 1. The van der Waals surface area contributed by atoms with E-state index in [-0.39, 0.29) is 48.3 Å². The number of nitrogens with zero attached hydrogens (tertiary/aromatic N) is 8. The Kier molecular flexibility index (Phi) is 8.79. The number of benzene rings is 3. The number of fused-ring (bicyclic) bond motifs is 7. The second-order valence-electron chi connectivity index (χ2n) is 21.0. The standard InChI is InChI=1S/C52H52FN9O7/c1-27-17-34(18-28(2)43(27)53)62-44(59-15-14-58(49(59)66)33-8-9-36-39(22-33)57(6)47(64)51(36)12-13-51)42-37(55-62)21-35-25-67-26-41(42)60(35)45(63)40-20-32-19-30(31-11-16-68-50(4,5)24-31)7-10-38(32)61(40)52(23-29(52)3)46-54-48(65)69-56-46/h7-10,14-15,17-20,22,29,31,35,41H,11-13,16,21,23-26H2,1-6H3,(H,54,56,65)/t29-,31-,35-,41-,52-/m0/s1. The number of amides is 2. The lowest BCUT2D eigenvalue weighted by Gasteiger charge is -2.45. The number of nitrogens with one attached hydrogen (secondary N) is 1. The van der Waals surface area contributed by atoms with E-state index < -0.39 is 34.5 Å². The number of H-pyrrole nitrogens is 1. The first-order valence-corrected chi connectivity index (χ1v) is 24.0. The van der Waals surface area contributed by atoms with Gasteiger partial charge in [0.15, 0.2) is 5.82 Å². The Hall–Kier alpha value is -6.85. The van der Waals surface area contributed by atoms with Gasteiger partial charge in [-0.2, -0.15) is 5.10 Å². The van der Waals surface area contributed by atoms with Crippen molar-refractivity contribution in [2.24, 2.45) is 5.92 Å². The first-order valence-electron chi connectivity index (χ1n) is 24.0. The summed E-state index contributed by atoms with van der Waals surface area (Å²) < 4.78 is 39.6. The molecule has 0 unspecified atom stereocenters. The molecule has 1 N–H and O–H groups in total. The molecule has 17 heteroatoms. The molecule has 2 saturated heterocycles. The van der Waals surface area contributed by atoms with Gasteiger partial charge in [0.2, 0.25) is 5.91 Å². The van der Waals surface area contributed by atoms with Gasteiger partial charge in [-0.05, 0) is 136 Å².